The maximum atomic E-state index is 4.28. The molecule has 2 rings (SSSR count). The zero-order valence-corrected chi connectivity index (χ0v) is 13.5. The van der Waals surface area contributed by atoms with Crippen molar-refractivity contribution < 1.29 is 0 Å². The van der Waals surface area contributed by atoms with Crippen molar-refractivity contribution in [2.75, 3.05) is 6.54 Å². The Morgan fingerprint density at radius 3 is 2.65 bits per heavy atom. The van der Waals surface area contributed by atoms with Gasteiger partial charge < -0.3 is 5.32 Å². The van der Waals surface area contributed by atoms with Gasteiger partial charge in [0.15, 0.2) is 5.82 Å². The molecule has 4 atom stereocenters. The number of nitrogens with one attached hydrogen (secondary N) is 1. The maximum absolute atomic E-state index is 4.28. The molecule has 0 amide bonds. The summed E-state index contributed by atoms with van der Waals surface area (Å²) >= 11 is 0. The molecule has 5 heteroatoms. The number of rotatable bonds is 6. The van der Waals surface area contributed by atoms with Crippen LogP contribution >= 0.6 is 0 Å². The molecule has 20 heavy (non-hydrogen) atoms. The fourth-order valence-electron chi connectivity index (χ4n) is 3.37. The van der Waals surface area contributed by atoms with Crippen molar-refractivity contribution in [3.8, 4) is 0 Å². The van der Waals surface area contributed by atoms with Crippen molar-refractivity contribution in [1.29, 1.82) is 0 Å². The van der Waals surface area contributed by atoms with Gasteiger partial charge in [-0.15, -0.1) is 5.10 Å². The second kappa shape index (κ2) is 6.66. The predicted molar refractivity (Wildman–Crippen MR) is 80.3 cm³/mol. The van der Waals surface area contributed by atoms with E-state index in [0.717, 1.165) is 18.3 Å². The molecule has 1 N–H and O–H groups in total. The second-order valence-electron chi connectivity index (χ2n) is 6.68. The molecule has 1 aromatic heterocycles. The van der Waals surface area contributed by atoms with E-state index in [9.17, 15) is 0 Å². The second-order valence-corrected chi connectivity index (χ2v) is 6.68. The molecule has 1 aromatic rings. The third-order valence-corrected chi connectivity index (χ3v) is 4.76. The summed E-state index contributed by atoms with van der Waals surface area (Å²) in [5.74, 6) is 3.10. The highest BCUT2D eigenvalue weighted by molar-refractivity contribution is 4.96. The Labute approximate surface area is 122 Å². The fraction of sp³-hybridized carbons (Fsp3) is 0.933. The van der Waals surface area contributed by atoms with Crippen LogP contribution in [0.15, 0.2) is 0 Å². The van der Waals surface area contributed by atoms with E-state index in [2.05, 4.69) is 60.1 Å². The van der Waals surface area contributed by atoms with Crippen LogP contribution in [0.3, 0.4) is 0 Å². The number of hydrogen-bond donors (Lipinski definition) is 1. The first-order valence-corrected chi connectivity index (χ1v) is 8.05. The third kappa shape index (κ3) is 3.19. The summed E-state index contributed by atoms with van der Waals surface area (Å²) in [6, 6.07) is 0.675. The minimum Gasteiger partial charge on any atom is -0.307 e. The van der Waals surface area contributed by atoms with Crippen molar-refractivity contribution in [3.05, 3.63) is 5.82 Å². The van der Waals surface area contributed by atoms with E-state index in [1.54, 1.807) is 0 Å². The van der Waals surface area contributed by atoms with Crippen LogP contribution in [-0.2, 0) is 0 Å². The van der Waals surface area contributed by atoms with Crippen LogP contribution in [0.25, 0.3) is 0 Å². The summed E-state index contributed by atoms with van der Waals surface area (Å²) in [4.78, 5) is 0. The monoisotopic (exact) mass is 279 g/mol. The van der Waals surface area contributed by atoms with Crippen molar-refractivity contribution in [1.82, 2.24) is 25.5 Å². The molecule has 4 unspecified atom stereocenters. The van der Waals surface area contributed by atoms with Gasteiger partial charge in [0.25, 0.3) is 0 Å². The molecule has 1 heterocycles. The van der Waals surface area contributed by atoms with E-state index < -0.39 is 0 Å². The van der Waals surface area contributed by atoms with Crippen LogP contribution in [0.2, 0.25) is 0 Å². The summed E-state index contributed by atoms with van der Waals surface area (Å²) in [5.41, 5.74) is 0. The fourth-order valence-corrected chi connectivity index (χ4v) is 3.37. The van der Waals surface area contributed by atoms with Gasteiger partial charge in [-0.1, -0.05) is 34.1 Å². The molecule has 1 fully saturated rings. The molecular weight excluding hydrogens is 250 g/mol. The zero-order chi connectivity index (χ0) is 14.7. The molecule has 1 aliphatic rings. The quantitative estimate of drug-likeness (QED) is 0.869. The smallest absolute Gasteiger partial charge is 0.168 e. The van der Waals surface area contributed by atoms with Crippen molar-refractivity contribution in [2.45, 2.75) is 66.0 Å². The Morgan fingerprint density at radius 2 is 2.05 bits per heavy atom. The van der Waals surface area contributed by atoms with E-state index in [1.807, 2.05) is 0 Å². The molecule has 0 radical (unpaired) electrons. The van der Waals surface area contributed by atoms with Crippen molar-refractivity contribution in [3.63, 3.8) is 0 Å². The van der Waals surface area contributed by atoms with Gasteiger partial charge in [-0.05, 0) is 54.5 Å². The molecule has 0 saturated heterocycles. The van der Waals surface area contributed by atoms with E-state index in [0.29, 0.717) is 17.9 Å². The largest absolute Gasteiger partial charge is 0.307 e. The summed E-state index contributed by atoms with van der Waals surface area (Å²) in [5, 5.41) is 16.0. The first kappa shape index (κ1) is 15.4. The van der Waals surface area contributed by atoms with Crippen LogP contribution in [0.5, 0.6) is 0 Å². The van der Waals surface area contributed by atoms with Gasteiger partial charge in [-0.2, -0.15) is 0 Å². The first-order valence-electron chi connectivity index (χ1n) is 8.05. The van der Waals surface area contributed by atoms with Gasteiger partial charge in [-0.25, -0.2) is 4.68 Å². The van der Waals surface area contributed by atoms with E-state index in [1.165, 1.54) is 19.3 Å². The Bertz CT molecular complexity index is 414. The Morgan fingerprint density at radius 1 is 1.30 bits per heavy atom. The van der Waals surface area contributed by atoms with Gasteiger partial charge in [0, 0.05) is 0 Å². The first-order chi connectivity index (χ1) is 9.54. The summed E-state index contributed by atoms with van der Waals surface area (Å²) in [7, 11) is 0. The zero-order valence-electron chi connectivity index (χ0n) is 13.5. The maximum Gasteiger partial charge on any atom is 0.168 e. The lowest BCUT2D eigenvalue weighted by atomic mass is 9.93. The lowest BCUT2D eigenvalue weighted by Crippen LogP contribution is -2.28. The number of hydrogen-bond acceptors (Lipinski definition) is 4. The van der Waals surface area contributed by atoms with Gasteiger partial charge >= 0.3 is 0 Å². The van der Waals surface area contributed by atoms with Gasteiger partial charge in [-0.3, -0.25) is 0 Å². The van der Waals surface area contributed by atoms with Crippen molar-refractivity contribution in [2.24, 2.45) is 17.8 Å². The minimum atomic E-state index is 0.209. The molecular formula is C15H29N5. The van der Waals surface area contributed by atoms with E-state index in [4.69, 9.17) is 0 Å². The highest BCUT2D eigenvalue weighted by Crippen LogP contribution is 2.41. The average Bonchev–Trinajstić information content (AvgIpc) is 3.01. The van der Waals surface area contributed by atoms with Crippen LogP contribution in [0, 0.1) is 17.8 Å². The molecule has 0 spiro atoms. The van der Waals surface area contributed by atoms with Gasteiger partial charge in [0.2, 0.25) is 0 Å². The SMILES string of the molecule is CCC1CCC(n2nnnc2C(C)NCC(C)C)C1C. The molecule has 0 aliphatic heterocycles. The normalized spacial score (nSPS) is 28.2. The molecule has 0 bridgehead atoms. The highest BCUT2D eigenvalue weighted by Gasteiger charge is 2.35. The highest BCUT2D eigenvalue weighted by atomic mass is 15.6. The molecule has 1 saturated carbocycles. The van der Waals surface area contributed by atoms with Crippen LogP contribution in [0.4, 0.5) is 0 Å². The van der Waals surface area contributed by atoms with E-state index in [-0.39, 0.29) is 6.04 Å². The molecule has 0 aromatic carbocycles. The van der Waals surface area contributed by atoms with Crippen LogP contribution < -0.4 is 5.32 Å². The topological polar surface area (TPSA) is 55.6 Å². The minimum absolute atomic E-state index is 0.209. The van der Waals surface area contributed by atoms with E-state index >= 15 is 0 Å². The Kier molecular flexibility index (Phi) is 5.13. The summed E-state index contributed by atoms with van der Waals surface area (Å²) < 4.78 is 2.08. The van der Waals surface area contributed by atoms with Gasteiger partial charge in [0.05, 0.1) is 12.1 Å². The Balaban J connectivity index is 2.08. The lowest BCUT2D eigenvalue weighted by Gasteiger charge is -2.22. The Hall–Kier alpha value is -0.970. The lowest BCUT2D eigenvalue weighted by molar-refractivity contribution is 0.295. The third-order valence-electron chi connectivity index (χ3n) is 4.76. The van der Waals surface area contributed by atoms with Crippen molar-refractivity contribution >= 4 is 0 Å². The molecule has 1 aliphatic carbocycles. The summed E-state index contributed by atoms with van der Waals surface area (Å²) in [6.45, 7) is 12.2. The average molecular weight is 279 g/mol. The summed E-state index contributed by atoms with van der Waals surface area (Å²) in [6.07, 6.45) is 3.76. The number of tetrazole rings is 1. The number of aromatic nitrogens is 4. The van der Waals surface area contributed by atoms with Crippen LogP contribution in [0.1, 0.15) is 71.8 Å². The molecule has 5 nitrogen and oxygen atoms in total. The van der Waals surface area contributed by atoms with Crippen LogP contribution in [-0.4, -0.2) is 26.8 Å². The predicted octanol–water partition coefficient (Wildman–Crippen LogP) is 2.98. The number of nitrogens with zero attached hydrogens (tertiary/aromatic N) is 4. The van der Waals surface area contributed by atoms with Gasteiger partial charge in [0.1, 0.15) is 0 Å². The standard InChI is InChI=1S/C15H29N5/c1-6-13-7-8-14(11(13)4)20-15(17-18-19-20)12(5)16-9-10(2)3/h10-14,16H,6-9H2,1-5H3. The molecule has 114 valence electrons.